The van der Waals surface area contributed by atoms with Gasteiger partial charge in [-0.2, -0.15) is 0 Å². The first kappa shape index (κ1) is 9.00. The number of nitrogens with zero attached hydrogens (tertiary/aromatic N) is 1. The fourth-order valence-corrected chi connectivity index (χ4v) is 1.81. The predicted molar refractivity (Wildman–Crippen MR) is 57.7 cm³/mol. The summed E-state index contributed by atoms with van der Waals surface area (Å²) in [5.74, 6) is 0.121. The predicted octanol–water partition coefficient (Wildman–Crippen LogP) is 2.69. The molecule has 2 heteroatoms. The standard InChI is InChI=1S/C12H13NO/c1-8-7-13(3)12-5-4-10(9(2)14)6-11(8)12/h4-7H,1-3H3. The van der Waals surface area contributed by atoms with Crippen molar-refractivity contribution in [1.29, 1.82) is 0 Å². The number of ketones is 1. The van der Waals surface area contributed by atoms with Gasteiger partial charge in [0.05, 0.1) is 0 Å². The van der Waals surface area contributed by atoms with E-state index in [1.165, 1.54) is 16.5 Å². The quantitative estimate of drug-likeness (QED) is 0.629. The van der Waals surface area contributed by atoms with Crippen molar-refractivity contribution in [2.75, 3.05) is 0 Å². The molecule has 0 unspecified atom stereocenters. The molecule has 0 atom stereocenters. The molecule has 0 saturated heterocycles. The van der Waals surface area contributed by atoms with E-state index < -0.39 is 0 Å². The van der Waals surface area contributed by atoms with Gasteiger partial charge < -0.3 is 4.57 Å². The second-order valence-corrected chi connectivity index (χ2v) is 3.71. The molecular weight excluding hydrogens is 174 g/mol. The van der Waals surface area contributed by atoms with Gasteiger partial charge in [-0.05, 0) is 37.6 Å². The van der Waals surface area contributed by atoms with Crippen molar-refractivity contribution in [1.82, 2.24) is 4.57 Å². The third kappa shape index (κ3) is 1.23. The second kappa shape index (κ2) is 2.98. The Morgan fingerprint density at radius 1 is 1.36 bits per heavy atom. The Morgan fingerprint density at radius 2 is 2.07 bits per heavy atom. The highest BCUT2D eigenvalue weighted by Gasteiger charge is 2.05. The Hall–Kier alpha value is -1.57. The minimum atomic E-state index is 0.121. The van der Waals surface area contributed by atoms with Crippen LogP contribution in [-0.4, -0.2) is 10.4 Å². The zero-order valence-electron chi connectivity index (χ0n) is 8.66. The lowest BCUT2D eigenvalue weighted by atomic mass is 10.1. The van der Waals surface area contributed by atoms with Gasteiger partial charge in [0, 0.05) is 29.7 Å². The van der Waals surface area contributed by atoms with E-state index in [9.17, 15) is 4.79 Å². The molecule has 0 saturated carbocycles. The maximum absolute atomic E-state index is 11.2. The number of aromatic nitrogens is 1. The molecule has 0 aliphatic rings. The number of Topliss-reactive ketones (excluding diaryl/α,β-unsaturated/α-hetero) is 1. The molecule has 2 nitrogen and oxygen atoms in total. The van der Waals surface area contributed by atoms with Crippen LogP contribution in [0.5, 0.6) is 0 Å². The minimum absolute atomic E-state index is 0.121. The maximum atomic E-state index is 11.2. The first-order chi connectivity index (χ1) is 6.59. The lowest BCUT2D eigenvalue weighted by Crippen LogP contribution is -1.91. The molecule has 2 aromatic rings. The summed E-state index contributed by atoms with van der Waals surface area (Å²) in [4.78, 5) is 11.2. The fourth-order valence-electron chi connectivity index (χ4n) is 1.81. The van der Waals surface area contributed by atoms with Gasteiger partial charge in [0.25, 0.3) is 0 Å². The molecule has 0 spiro atoms. The normalized spacial score (nSPS) is 10.8. The molecule has 0 aliphatic heterocycles. The van der Waals surface area contributed by atoms with Crippen molar-refractivity contribution in [3.8, 4) is 0 Å². The minimum Gasteiger partial charge on any atom is -0.350 e. The van der Waals surface area contributed by atoms with Crippen molar-refractivity contribution in [3.05, 3.63) is 35.5 Å². The van der Waals surface area contributed by atoms with Gasteiger partial charge in [0.15, 0.2) is 5.78 Å². The van der Waals surface area contributed by atoms with E-state index in [4.69, 9.17) is 0 Å². The summed E-state index contributed by atoms with van der Waals surface area (Å²) in [5.41, 5.74) is 3.17. The van der Waals surface area contributed by atoms with Crippen LogP contribution < -0.4 is 0 Å². The van der Waals surface area contributed by atoms with Crippen molar-refractivity contribution >= 4 is 16.7 Å². The van der Waals surface area contributed by atoms with Crippen molar-refractivity contribution in [2.24, 2.45) is 7.05 Å². The van der Waals surface area contributed by atoms with Gasteiger partial charge in [-0.25, -0.2) is 0 Å². The van der Waals surface area contributed by atoms with Gasteiger partial charge in [-0.15, -0.1) is 0 Å². The molecule has 0 aliphatic carbocycles. The lowest BCUT2D eigenvalue weighted by Gasteiger charge is -1.98. The molecule has 0 bridgehead atoms. The highest BCUT2D eigenvalue weighted by Crippen LogP contribution is 2.21. The smallest absolute Gasteiger partial charge is 0.159 e. The first-order valence-electron chi connectivity index (χ1n) is 4.66. The molecule has 0 fully saturated rings. The van der Waals surface area contributed by atoms with E-state index in [-0.39, 0.29) is 5.78 Å². The van der Waals surface area contributed by atoms with Crippen LogP contribution in [0.3, 0.4) is 0 Å². The number of aryl methyl sites for hydroxylation is 2. The summed E-state index contributed by atoms with van der Waals surface area (Å²) in [6.07, 6.45) is 2.08. The van der Waals surface area contributed by atoms with E-state index in [1.54, 1.807) is 6.92 Å². The lowest BCUT2D eigenvalue weighted by molar-refractivity contribution is 0.101. The van der Waals surface area contributed by atoms with Gasteiger partial charge in [-0.1, -0.05) is 0 Å². The summed E-state index contributed by atoms with van der Waals surface area (Å²) >= 11 is 0. The van der Waals surface area contributed by atoms with E-state index in [0.29, 0.717) is 0 Å². The summed E-state index contributed by atoms with van der Waals surface area (Å²) in [6.45, 7) is 3.66. The number of hydrogen-bond donors (Lipinski definition) is 0. The summed E-state index contributed by atoms with van der Waals surface area (Å²) in [5, 5.41) is 1.17. The van der Waals surface area contributed by atoms with E-state index in [0.717, 1.165) is 5.56 Å². The molecule has 0 radical (unpaired) electrons. The molecule has 0 N–H and O–H groups in total. The van der Waals surface area contributed by atoms with Crippen LogP contribution in [-0.2, 0) is 7.05 Å². The highest BCUT2D eigenvalue weighted by atomic mass is 16.1. The van der Waals surface area contributed by atoms with Crippen LogP contribution in [0.1, 0.15) is 22.8 Å². The summed E-state index contributed by atoms with van der Waals surface area (Å²) in [6, 6.07) is 5.84. The molecule has 2 rings (SSSR count). The number of carbonyl (C=O) groups is 1. The van der Waals surface area contributed by atoms with Gasteiger partial charge in [0.1, 0.15) is 0 Å². The van der Waals surface area contributed by atoms with Crippen LogP contribution in [0.15, 0.2) is 24.4 Å². The Labute approximate surface area is 83.2 Å². The second-order valence-electron chi connectivity index (χ2n) is 3.71. The number of benzene rings is 1. The molecule has 1 aromatic heterocycles. The molecule has 1 heterocycles. The molecule has 14 heavy (non-hydrogen) atoms. The van der Waals surface area contributed by atoms with E-state index in [1.807, 2.05) is 25.2 Å². The zero-order valence-corrected chi connectivity index (χ0v) is 8.66. The monoisotopic (exact) mass is 187 g/mol. The molecule has 1 aromatic carbocycles. The third-order valence-electron chi connectivity index (χ3n) is 2.60. The number of hydrogen-bond acceptors (Lipinski definition) is 1. The number of rotatable bonds is 1. The largest absolute Gasteiger partial charge is 0.350 e. The van der Waals surface area contributed by atoms with Crippen molar-refractivity contribution in [2.45, 2.75) is 13.8 Å². The average Bonchev–Trinajstić information content (AvgIpc) is 2.42. The molecule has 72 valence electrons. The molecular formula is C12H13NO. The van der Waals surface area contributed by atoms with Crippen LogP contribution >= 0.6 is 0 Å². The SMILES string of the molecule is CC(=O)c1ccc2c(c1)c(C)cn2C. The Bertz CT molecular complexity index is 508. The zero-order chi connectivity index (χ0) is 10.3. The maximum Gasteiger partial charge on any atom is 0.159 e. The van der Waals surface area contributed by atoms with Crippen molar-refractivity contribution in [3.63, 3.8) is 0 Å². The number of carbonyl (C=O) groups excluding carboxylic acids is 1. The van der Waals surface area contributed by atoms with Gasteiger partial charge in [-0.3, -0.25) is 4.79 Å². The summed E-state index contributed by atoms with van der Waals surface area (Å²) < 4.78 is 2.08. The Kier molecular flexibility index (Phi) is 1.92. The van der Waals surface area contributed by atoms with Crippen LogP contribution in [0.25, 0.3) is 10.9 Å². The van der Waals surface area contributed by atoms with Crippen molar-refractivity contribution < 1.29 is 4.79 Å². The van der Waals surface area contributed by atoms with E-state index in [2.05, 4.69) is 17.7 Å². The first-order valence-corrected chi connectivity index (χ1v) is 4.66. The van der Waals surface area contributed by atoms with Crippen LogP contribution in [0, 0.1) is 6.92 Å². The van der Waals surface area contributed by atoms with Gasteiger partial charge >= 0.3 is 0 Å². The Balaban J connectivity index is 2.77. The van der Waals surface area contributed by atoms with Crippen LogP contribution in [0.4, 0.5) is 0 Å². The molecule has 0 amide bonds. The highest BCUT2D eigenvalue weighted by molar-refractivity contribution is 5.98. The fraction of sp³-hybridized carbons (Fsp3) is 0.250. The Morgan fingerprint density at radius 3 is 2.71 bits per heavy atom. The van der Waals surface area contributed by atoms with Crippen LogP contribution in [0.2, 0.25) is 0 Å². The topological polar surface area (TPSA) is 22.0 Å². The van der Waals surface area contributed by atoms with Gasteiger partial charge in [0.2, 0.25) is 0 Å². The summed E-state index contributed by atoms with van der Waals surface area (Å²) in [7, 11) is 2.02. The third-order valence-corrected chi connectivity index (χ3v) is 2.60. The average molecular weight is 187 g/mol. The number of fused-ring (bicyclic) bond motifs is 1. The van der Waals surface area contributed by atoms with E-state index >= 15 is 0 Å².